The first kappa shape index (κ1) is 35.9. The number of alkyl halides is 1. The van der Waals surface area contributed by atoms with Crippen molar-refractivity contribution in [2.24, 2.45) is 5.73 Å². The van der Waals surface area contributed by atoms with Gasteiger partial charge in [-0.3, -0.25) is 4.79 Å². The van der Waals surface area contributed by atoms with Gasteiger partial charge in [-0.1, -0.05) is 61.0 Å². The summed E-state index contributed by atoms with van der Waals surface area (Å²) in [5.74, 6) is -1.94. The number of nitrogens with one attached hydrogen (secondary N) is 1. The number of hydrogen-bond donors (Lipinski definition) is 3. The van der Waals surface area contributed by atoms with Crippen molar-refractivity contribution in [3.05, 3.63) is 81.7 Å². The summed E-state index contributed by atoms with van der Waals surface area (Å²) in [5, 5.41) is 13.8. The van der Waals surface area contributed by atoms with Gasteiger partial charge in [-0.25, -0.2) is 8.78 Å². The molecular weight excluding hydrogens is 654 g/mol. The second kappa shape index (κ2) is 14.8. The Morgan fingerprint density at radius 2 is 1.94 bits per heavy atom. The van der Waals surface area contributed by atoms with E-state index < -0.39 is 47.2 Å². The lowest BCUT2D eigenvalue weighted by atomic mass is 9.75. The zero-order chi connectivity index (χ0) is 34.9. The first-order valence-corrected chi connectivity index (χ1v) is 17.8. The zero-order valence-electron chi connectivity index (χ0n) is 28.4. The Morgan fingerprint density at radius 3 is 2.61 bits per heavy atom. The first-order valence-electron chi connectivity index (χ1n) is 17.4. The van der Waals surface area contributed by atoms with Crippen molar-refractivity contribution >= 4 is 23.1 Å². The van der Waals surface area contributed by atoms with Crippen LogP contribution in [0.25, 0.3) is 5.57 Å². The van der Waals surface area contributed by atoms with Gasteiger partial charge in [0.05, 0.1) is 23.3 Å². The molecule has 2 aromatic rings. The van der Waals surface area contributed by atoms with E-state index in [4.69, 9.17) is 36.3 Å². The maximum Gasteiger partial charge on any atom is 0.249 e. The summed E-state index contributed by atoms with van der Waals surface area (Å²) in [5.41, 5.74) is 5.23. The normalized spacial score (nSPS) is 32.1. The SMILES string of the molecule is C[C@@H](COC1C=CC(C(N)=O)=C(c2c(Cl)c(F)cc3c2[C@H](C)[C@@](CN[C@H]2CC[C@](C)(O)CC2)(c2ccccc2)O3)C1F)OC1CCCCO1. The van der Waals surface area contributed by atoms with E-state index >= 15 is 8.78 Å². The maximum absolute atomic E-state index is 16.8. The third-order valence-electron chi connectivity index (χ3n) is 10.5. The van der Waals surface area contributed by atoms with E-state index in [9.17, 15) is 9.90 Å². The Balaban J connectivity index is 1.33. The summed E-state index contributed by atoms with van der Waals surface area (Å²) in [6, 6.07) is 11.0. The molecule has 11 heteroatoms. The predicted molar refractivity (Wildman–Crippen MR) is 183 cm³/mol. The molecule has 266 valence electrons. The van der Waals surface area contributed by atoms with Crippen LogP contribution in [0.5, 0.6) is 5.75 Å². The van der Waals surface area contributed by atoms with Crippen LogP contribution in [0.15, 0.2) is 54.1 Å². The van der Waals surface area contributed by atoms with Crippen LogP contribution in [0.1, 0.15) is 88.3 Å². The molecule has 2 aromatic carbocycles. The van der Waals surface area contributed by atoms with Crippen molar-refractivity contribution < 1.29 is 37.6 Å². The Labute approximate surface area is 292 Å². The van der Waals surface area contributed by atoms with Gasteiger partial charge in [0.2, 0.25) is 5.91 Å². The molecule has 2 heterocycles. The van der Waals surface area contributed by atoms with Gasteiger partial charge in [0, 0.05) is 53.5 Å². The fourth-order valence-corrected chi connectivity index (χ4v) is 7.91. The van der Waals surface area contributed by atoms with Crippen LogP contribution in [0, 0.1) is 5.82 Å². The molecule has 2 aliphatic heterocycles. The molecule has 2 aliphatic carbocycles. The molecule has 0 radical (unpaired) electrons. The smallest absolute Gasteiger partial charge is 0.249 e. The van der Waals surface area contributed by atoms with Crippen LogP contribution < -0.4 is 15.8 Å². The minimum atomic E-state index is -1.90. The fourth-order valence-electron chi connectivity index (χ4n) is 7.65. The molecule has 1 amide bonds. The minimum absolute atomic E-state index is 0.0508. The van der Waals surface area contributed by atoms with E-state index in [1.807, 2.05) is 51.1 Å². The van der Waals surface area contributed by atoms with Crippen LogP contribution >= 0.6 is 11.6 Å². The van der Waals surface area contributed by atoms with Crippen molar-refractivity contribution in [2.75, 3.05) is 19.8 Å². The van der Waals surface area contributed by atoms with E-state index in [1.165, 1.54) is 18.2 Å². The summed E-state index contributed by atoms with van der Waals surface area (Å²) >= 11 is 6.74. The number of rotatable bonds is 11. The van der Waals surface area contributed by atoms with E-state index in [0.29, 0.717) is 31.6 Å². The van der Waals surface area contributed by atoms with Crippen molar-refractivity contribution in [1.29, 1.82) is 0 Å². The van der Waals surface area contributed by atoms with Gasteiger partial charge < -0.3 is 35.1 Å². The van der Waals surface area contributed by atoms with E-state index in [1.54, 1.807) is 0 Å². The van der Waals surface area contributed by atoms with E-state index in [2.05, 4.69) is 5.32 Å². The van der Waals surface area contributed by atoms with Crippen molar-refractivity contribution in [1.82, 2.24) is 5.32 Å². The molecule has 0 aromatic heterocycles. The van der Waals surface area contributed by atoms with Gasteiger partial charge >= 0.3 is 0 Å². The van der Waals surface area contributed by atoms with Crippen molar-refractivity contribution in [3.8, 4) is 5.75 Å². The molecule has 4 aliphatic rings. The number of nitrogens with two attached hydrogens (primary N) is 1. The molecule has 0 spiro atoms. The van der Waals surface area contributed by atoms with Crippen LogP contribution in [-0.4, -0.2) is 67.1 Å². The molecule has 4 N–H and O–H groups in total. The number of aliphatic hydroxyl groups is 1. The Bertz CT molecular complexity index is 1570. The standard InChI is InChI=1S/C38H47ClF2N2O6/c1-22(48-30-11-7-8-18-46-30)20-47-28-13-12-26(36(42)44)32(35(28)41)33-31-23(2)38(24-9-5-4-6-10-24,49-29(31)19-27(40)34(33)39)21-43-25-14-16-37(3,45)17-15-25/h4-6,9-10,12-13,19,22-23,25,28,30,35,43,45H,7-8,11,14-18,20-21H2,1-3H3,(H2,42,44)/t22-,23-,25-,28?,30?,35?,37-,38-/m0/s1. The van der Waals surface area contributed by atoms with Crippen LogP contribution in [-0.2, 0) is 24.6 Å². The number of hydrogen-bond acceptors (Lipinski definition) is 7. The number of amides is 1. The summed E-state index contributed by atoms with van der Waals surface area (Å²) in [7, 11) is 0. The van der Waals surface area contributed by atoms with Crippen molar-refractivity contribution in [2.45, 2.75) is 114 Å². The average molecular weight is 701 g/mol. The lowest BCUT2D eigenvalue weighted by Gasteiger charge is -2.38. The lowest BCUT2D eigenvalue weighted by molar-refractivity contribution is -0.196. The average Bonchev–Trinajstić information content (AvgIpc) is 3.36. The topological polar surface area (TPSA) is 112 Å². The molecule has 6 rings (SSSR count). The number of benzene rings is 2. The number of fused-ring (bicyclic) bond motifs is 1. The molecule has 1 saturated heterocycles. The highest BCUT2D eigenvalue weighted by molar-refractivity contribution is 6.33. The Kier molecular flexibility index (Phi) is 10.8. The zero-order valence-corrected chi connectivity index (χ0v) is 29.1. The maximum atomic E-state index is 16.8. The molecular formula is C38H47ClF2N2O6. The van der Waals surface area contributed by atoms with Crippen molar-refractivity contribution in [3.63, 3.8) is 0 Å². The van der Waals surface area contributed by atoms with Crippen LogP contribution in [0.4, 0.5) is 8.78 Å². The van der Waals surface area contributed by atoms with Gasteiger partial charge in [-0.15, -0.1) is 0 Å². The highest BCUT2D eigenvalue weighted by Crippen LogP contribution is 2.55. The molecule has 3 unspecified atom stereocenters. The molecule has 49 heavy (non-hydrogen) atoms. The highest BCUT2D eigenvalue weighted by atomic mass is 35.5. The summed E-state index contributed by atoms with van der Waals surface area (Å²) in [4.78, 5) is 12.8. The third-order valence-corrected chi connectivity index (χ3v) is 10.9. The molecule has 0 bridgehead atoms. The third kappa shape index (κ3) is 7.46. The number of primary amides is 1. The molecule has 6 atom stereocenters. The second-order valence-electron chi connectivity index (χ2n) is 14.2. The van der Waals surface area contributed by atoms with Gasteiger partial charge in [-0.2, -0.15) is 0 Å². The minimum Gasteiger partial charge on any atom is -0.480 e. The number of ether oxygens (including phenoxy) is 4. The summed E-state index contributed by atoms with van der Waals surface area (Å²) < 4.78 is 57.0. The lowest BCUT2D eigenvalue weighted by Crippen LogP contribution is -2.49. The van der Waals surface area contributed by atoms with E-state index in [-0.39, 0.29) is 46.4 Å². The van der Waals surface area contributed by atoms with Crippen LogP contribution in [0.3, 0.4) is 0 Å². The summed E-state index contributed by atoms with van der Waals surface area (Å²) in [6.45, 7) is 6.67. The monoisotopic (exact) mass is 700 g/mol. The number of carbonyl (C=O) groups excluding carboxylic acids is 1. The largest absolute Gasteiger partial charge is 0.480 e. The van der Waals surface area contributed by atoms with Gasteiger partial charge in [0.15, 0.2) is 18.1 Å². The number of halogens is 3. The predicted octanol–water partition coefficient (Wildman–Crippen LogP) is 6.62. The Hall–Kier alpha value is -2.86. The molecule has 2 fully saturated rings. The van der Waals surface area contributed by atoms with Gasteiger partial charge in [-0.05, 0) is 64.4 Å². The summed E-state index contributed by atoms with van der Waals surface area (Å²) in [6.07, 6.45) is 4.81. The first-order chi connectivity index (χ1) is 23.4. The molecule has 8 nitrogen and oxygen atoms in total. The van der Waals surface area contributed by atoms with E-state index in [0.717, 1.165) is 37.7 Å². The second-order valence-corrected chi connectivity index (χ2v) is 14.6. The Morgan fingerprint density at radius 1 is 1.20 bits per heavy atom. The fraction of sp³-hybridized carbons (Fsp3) is 0.553. The quantitative estimate of drug-likeness (QED) is 0.242. The highest BCUT2D eigenvalue weighted by Gasteiger charge is 2.51. The number of carbonyl (C=O) groups is 1. The molecule has 1 saturated carbocycles. The van der Waals surface area contributed by atoms with Crippen LogP contribution in [0.2, 0.25) is 5.02 Å². The van der Waals surface area contributed by atoms with Gasteiger partial charge in [0.25, 0.3) is 0 Å². The van der Waals surface area contributed by atoms with Gasteiger partial charge in [0.1, 0.15) is 17.7 Å².